The Kier molecular flexibility index (Phi) is 18.2. The van der Waals surface area contributed by atoms with Crippen molar-refractivity contribution < 1.29 is 47.1 Å². The number of amides is 1. The quantitative estimate of drug-likeness (QED) is 0.0585. The van der Waals surface area contributed by atoms with Gasteiger partial charge in [0.15, 0.2) is 11.2 Å². The number of aromatic nitrogens is 5. The SMILES string of the molecule is NCCOCCOCCOCCOCCOCCOCCOCCOCCC(=O)N1CCc2cc(Cn3nc(-c4ccc5oc(N)nc5c4)c4c(N)ncnc43)ccc2C1. The zero-order valence-electron chi connectivity index (χ0n) is 34.1. The molecule has 0 fully saturated rings. The van der Waals surface area contributed by atoms with Gasteiger partial charge in [0, 0.05) is 25.2 Å². The zero-order valence-corrected chi connectivity index (χ0v) is 34.1. The number of ether oxygens (including phenoxy) is 8. The van der Waals surface area contributed by atoms with Gasteiger partial charge in [-0.1, -0.05) is 18.2 Å². The topological polar surface area (TPSA) is 242 Å². The van der Waals surface area contributed by atoms with Gasteiger partial charge in [0.25, 0.3) is 6.01 Å². The second kappa shape index (κ2) is 24.4. The first-order valence-electron chi connectivity index (χ1n) is 20.3. The minimum atomic E-state index is 0.0690. The summed E-state index contributed by atoms with van der Waals surface area (Å²) in [5.74, 6) is 0.409. The molecule has 60 heavy (non-hydrogen) atoms. The molecule has 1 amide bonds. The van der Waals surface area contributed by atoms with E-state index in [4.69, 9.17) is 64.6 Å². The molecule has 326 valence electrons. The largest absolute Gasteiger partial charge is 0.424 e. The van der Waals surface area contributed by atoms with Crippen molar-refractivity contribution in [1.29, 1.82) is 0 Å². The first kappa shape index (κ1) is 44.7. The highest BCUT2D eigenvalue weighted by atomic mass is 16.6. The Morgan fingerprint density at radius 1 is 0.700 bits per heavy atom. The molecule has 1 aliphatic heterocycles. The molecule has 6 N–H and O–H groups in total. The van der Waals surface area contributed by atoms with Gasteiger partial charge in [0.05, 0.1) is 124 Å². The van der Waals surface area contributed by atoms with E-state index in [-0.39, 0.29) is 11.9 Å². The molecule has 0 bridgehead atoms. The Morgan fingerprint density at radius 3 is 1.92 bits per heavy atom. The van der Waals surface area contributed by atoms with E-state index >= 15 is 0 Å². The molecule has 6 rings (SSSR count). The summed E-state index contributed by atoms with van der Waals surface area (Å²) in [6.45, 7) is 9.86. The molecule has 3 aromatic heterocycles. The fourth-order valence-electron chi connectivity index (χ4n) is 6.57. The second-order valence-electron chi connectivity index (χ2n) is 13.8. The van der Waals surface area contributed by atoms with Crippen LogP contribution in [-0.4, -0.2) is 154 Å². The molecule has 19 nitrogen and oxygen atoms in total. The van der Waals surface area contributed by atoms with Gasteiger partial charge < -0.3 is 64.4 Å². The van der Waals surface area contributed by atoms with Crippen LogP contribution in [0.3, 0.4) is 0 Å². The molecule has 2 aromatic carbocycles. The summed E-state index contributed by atoms with van der Waals surface area (Å²) in [7, 11) is 0. The molecule has 0 spiro atoms. The number of carbonyl (C=O) groups excluding carboxylic acids is 1. The monoisotopic (exact) mass is 835 g/mol. The Balaban J connectivity index is 0.789. The van der Waals surface area contributed by atoms with E-state index in [1.54, 1.807) is 0 Å². The molecule has 5 aromatic rings. The number of nitrogens with zero attached hydrogens (tertiary/aromatic N) is 6. The molecule has 0 saturated heterocycles. The van der Waals surface area contributed by atoms with Crippen LogP contribution in [0.5, 0.6) is 0 Å². The van der Waals surface area contributed by atoms with Crippen molar-refractivity contribution in [3.63, 3.8) is 0 Å². The number of benzene rings is 2. The Bertz CT molecular complexity index is 2060. The van der Waals surface area contributed by atoms with Gasteiger partial charge >= 0.3 is 0 Å². The van der Waals surface area contributed by atoms with Crippen molar-refractivity contribution >= 4 is 39.9 Å². The highest BCUT2D eigenvalue weighted by Gasteiger charge is 2.22. The number of nitrogen functional groups attached to an aromatic ring is 2. The van der Waals surface area contributed by atoms with Crippen LogP contribution in [-0.2, 0) is 62.2 Å². The van der Waals surface area contributed by atoms with E-state index in [2.05, 4.69) is 33.2 Å². The van der Waals surface area contributed by atoms with Crippen LogP contribution in [0.4, 0.5) is 11.8 Å². The number of rotatable bonds is 29. The molecule has 1 aliphatic rings. The summed E-state index contributed by atoms with van der Waals surface area (Å²) in [5.41, 5.74) is 24.1. The smallest absolute Gasteiger partial charge is 0.292 e. The van der Waals surface area contributed by atoms with E-state index in [0.717, 1.165) is 23.1 Å². The second-order valence-corrected chi connectivity index (χ2v) is 13.8. The summed E-state index contributed by atoms with van der Waals surface area (Å²) in [4.78, 5) is 27.9. The number of carbonyl (C=O) groups is 1. The van der Waals surface area contributed by atoms with Crippen molar-refractivity contribution in [2.75, 3.05) is 130 Å². The van der Waals surface area contributed by atoms with E-state index in [0.29, 0.717) is 172 Å². The maximum atomic E-state index is 13.0. The number of anilines is 2. The van der Waals surface area contributed by atoms with Crippen LogP contribution in [0.25, 0.3) is 33.4 Å². The first-order valence-corrected chi connectivity index (χ1v) is 20.3. The minimum absolute atomic E-state index is 0.0690. The van der Waals surface area contributed by atoms with Gasteiger partial charge in [-0.3, -0.25) is 4.79 Å². The van der Waals surface area contributed by atoms with Gasteiger partial charge in [0.1, 0.15) is 23.4 Å². The lowest BCUT2D eigenvalue weighted by molar-refractivity contribution is -0.133. The first-order chi connectivity index (χ1) is 29.5. The number of hydrogen-bond donors (Lipinski definition) is 3. The van der Waals surface area contributed by atoms with E-state index in [1.165, 1.54) is 11.9 Å². The number of hydrogen-bond acceptors (Lipinski definition) is 17. The third-order valence-corrected chi connectivity index (χ3v) is 9.53. The zero-order chi connectivity index (χ0) is 41.8. The predicted octanol–water partition coefficient (Wildman–Crippen LogP) is 2.21. The molecule has 0 aliphatic carbocycles. The van der Waals surface area contributed by atoms with Crippen LogP contribution in [0, 0.1) is 0 Å². The van der Waals surface area contributed by atoms with Gasteiger partial charge in [-0.05, 0) is 41.3 Å². The van der Waals surface area contributed by atoms with Crippen molar-refractivity contribution in [1.82, 2.24) is 29.6 Å². The van der Waals surface area contributed by atoms with Gasteiger partial charge in [-0.2, -0.15) is 10.1 Å². The Morgan fingerprint density at radius 2 is 1.30 bits per heavy atom. The summed E-state index contributed by atoms with van der Waals surface area (Å²) >= 11 is 0. The van der Waals surface area contributed by atoms with Gasteiger partial charge in [0.2, 0.25) is 5.91 Å². The van der Waals surface area contributed by atoms with E-state index < -0.39 is 0 Å². The van der Waals surface area contributed by atoms with Crippen molar-refractivity contribution in [2.45, 2.75) is 25.9 Å². The molecule has 4 heterocycles. The van der Waals surface area contributed by atoms with E-state index in [1.807, 2.05) is 27.8 Å². The standard InChI is InChI=1S/C41H57N9O10/c42-7-10-53-12-14-55-16-18-57-20-22-59-24-23-58-21-19-56-17-15-54-13-11-52-9-6-36(51)49-8-5-31-25-30(1-2-33(31)28-49)27-50-40-37(39(43)45-29-46-40)38(48-50)32-3-4-35-34(26-32)47-41(44)60-35/h1-4,25-26,29H,5-24,27-28,42H2,(H2,44,47)(H2,43,45,46). The van der Waals surface area contributed by atoms with Crippen molar-refractivity contribution in [2.24, 2.45) is 5.73 Å². The van der Waals surface area contributed by atoms with E-state index in [9.17, 15) is 4.79 Å². The molecule has 0 saturated carbocycles. The Hall–Kier alpha value is -4.83. The van der Waals surface area contributed by atoms with Crippen LogP contribution in [0.1, 0.15) is 23.1 Å². The molecular weight excluding hydrogens is 779 g/mol. The fraction of sp³-hybridized carbons (Fsp3) is 0.537. The normalized spacial score (nSPS) is 12.8. The molecule has 0 atom stereocenters. The molecule has 0 radical (unpaired) electrons. The maximum absolute atomic E-state index is 13.0. The summed E-state index contributed by atoms with van der Waals surface area (Å²) in [5, 5.41) is 5.59. The Labute approximate surface area is 348 Å². The lowest BCUT2D eigenvalue weighted by Crippen LogP contribution is -2.36. The van der Waals surface area contributed by atoms with Crippen molar-refractivity contribution in [3.05, 3.63) is 59.4 Å². The van der Waals surface area contributed by atoms with Crippen LogP contribution >= 0.6 is 0 Å². The number of nitrogens with two attached hydrogens (primary N) is 3. The molecule has 19 heteroatoms. The lowest BCUT2D eigenvalue weighted by Gasteiger charge is -2.29. The molecular formula is C41H57N9O10. The van der Waals surface area contributed by atoms with Gasteiger partial charge in [-0.25, -0.2) is 14.6 Å². The summed E-state index contributed by atoms with van der Waals surface area (Å²) in [6, 6.07) is 12.0. The maximum Gasteiger partial charge on any atom is 0.292 e. The highest BCUT2D eigenvalue weighted by Crippen LogP contribution is 2.33. The summed E-state index contributed by atoms with van der Waals surface area (Å²) in [6.07, 6.45) is 2.52. The third kappa shape index (κ3) is 13.6. The molecule has 0 unspecified atom stereocenters. The van der Waals surface area contributed by atoms with Crippen LogP contribution in [0.2, 0.25) is 0 Å². The average Bonchev–Trinajstić information content (AvgIpc) is 3.82. The third-order valence-electron chi connectivity index (χ3n) is 9.53. The highest BCUT2D eigenvalue weighted by molar-refractivity contribution is 5.99. The lowest BCUT2D eigenvalue weighted by atomic mass is 9.97. The number of fused-ring (bicyclic) bond motifs is 3. The summed E-state index contributed by atoms with van der Waals surface area (Å²) < 4.78 is 51.1. The van der Waals surface area contributed by atoms with Crippen LogP contribution < -0.4 is 17.2 Å². The van der Waals surface area contributed by atoms with Gasteiger partial charge in [-0.15, -0.1) is 0 Å². The number of oxazole rings is 1. The van der Waals surface area contributed by atoms with Crippen LogP contribution in [0.15, 0.2) is 47.1 Å². The minimum Gasteiger partial charge on any atom is -0.424 e. The average molecular weight is 836 g/mol. The fourth-order valence-corrected chi connectivity index (χ4v) is 6.57. The van der Waals surface area contributed by atoms with Crippen molar-refractivity contribution in [3.8, 4) is 11.3 Å². The predicted molar refractivity (Wildman–Crippen MR) is 222 cm³/mol.